The predicted octanol–water partition coefficient (Wildman–Crippen LogP) is 0.699. The Kier molecular flexibility index (Phi) is 3.46. The second-order valence-corrected chi connectivity index (χ2v) is 3.04. The Bertz CT molecular complexity index is 425. The number of rotatable bonds is 1. The average Bonchev–Trinajstić information content (AvgIpc) is 2.08. The largest absolute Gasteiger partial charge is 0.370 e. The number of guanidine groups is 2. The summed E-state index contributed by atoms with van der Waals surface area (Å²) in [6.07, 6.45) is 0. The molecule has 7 heteroatoms. The molecular weight excluding hydrogens is 221 g/mol. The number of nitrogens with two attached hydrogens (primary N) is 3. The van der Waals surface area contributed by atoms with Crippen LogP contribution in [0.3, 0.4) is 0 Å². The van der Waals surface area contributed by atoms with E-state index in [-0.39, 0.29) is 22.6 Å². The highest BCUT2D eigenvalue weighted by atomic mass is 35.5. The SMILES string of the molecule is NC(N)=NC(N)=Nc1ccc(Cl)cc1F. The molecule has 80 valence electrons. The van der Waals surface area contributed by atoms with E-state index in [1.807, 2.05) is 0 Å². The van der Waals surface area contributed by atoms with Crippen molar-refractivity contribution < 1.29 is 4.39 Å². The Labute approximate surface area is 90.4 Å². The first-order chi connectivity index (χ1) is 6.99. The third-order valence-corrected chi connectivity index (χ3v) is 1.62. The monoisotopic (exact) mass is 229 g/mol. The lowest BCUT2D eigenvalue weighted by atomic mass is 10.3. The van der Waals surface area contributed by atoms with Crippen LogP contribution in [-0.4, -0.2) is 11.9 Å². The van der Waals surface area contributed by atoms with Crippen molar-refractivity contribution in [2.24, 2.45) is 27.2 Å². The molecule has 5 nitrogen and oxygen atoms in total. The number of aliphatic imine (C=N–C) groups is 2. The molecule has 0 aliphatic heterocycles. The summed E-state index contributed by atoms with van der Waals surface area (Å²) in [5.41, 5.74) is 15.5. The molecule has 0 radical (unpaired) electrons. The number of benzene rings is 1. The van der Waals surface area contributed by atoms with Crippen LogP contribution in [0.1, 0.15) is 0 Å². The van der Waals surface area contributed by atoms with E-state index in [2.05, 4.69) is 9.98 Å². The number of nitrogens with zero attached hydrogens (tertiary/aromatic N) is 2. The topological polar surface area (TPSA) is 103 Å². The lowest BCUT2D eigenvalue weighted by Gasteiger charge is -1.98. The van der Waals surface area contributed by atoms with E-state index in [1.54, 1.807) is 0 Å². The second-order valence-electron chi connectivity index (χ2n) is 2.60. The molecule has 0 aliphatic carbocycles. The molecule has 0 fully saturated rings. The summed E-state index contributed by atoms with van der Waals surface area (Å²) in [6.45, 7) is 0. The number of halogens is 2. The van der Waals surface area contributed by atoms with Gasteiger partial charge in [0.25, 0.3) is 0 Å². The van der Waals surface area contributed by atoms with Gasteiger partial charge in [-0.05, 0) is 18.2 Å². The van der Waals surface area contributed by atoms with E-state index in [9.17, 15) is 4.39 Å². The molecule has 0 aliphatic rings. The van der Waals surface area contributed by atoms with E-state index < -0.39 is 5.82 Å². The smallest absolute Gasteiger partial charge is 0.223 e. The van der Waals surface area contributed by atoms with Gasteiger partial charge in [-0.25, -0.2) is 9.38 Å². The normalized spacial score (nSPS) is 11.2. The van der Waals surface area contributed by atoms with Crippen molar-refractivity contribution in [2.75, 3.05) is 0 Å². The van der Waals surface area contributed by atoms with Gasteiger partial charge in [0.15, 0.2) is 5.96 Å². The Morgan fingerprint density at radius 1 is 1.27 bits per heavy atom. The van der Waals surface area contributed by atoms with Crippen molar-refractivity contribution in [3.05, 3.63) is 29.0 Å². The quantitative estimate of drug-likeness (QED) is 0.488. The zero-order valence-electron chi connectivity index (χ0n) is 7.61. The summed E-state index contributed by atoms with van der Waals surface area (Å²) in [6, 6.07) is 3.96. The lowest BCUT2D eigenvalue weighted by molar-refractivity contribution is 0.630. The van der Waals surface area contributed by atoms with E-state index >= 15 is 0 Å². The second kappa shape index (κ2) is 4.61. The van der Waals surface area contributed by atoms with Gasteiger partial charge in [0.1, 0.15) is 11.5 Å². The molecule has 6 N–H and O–H groups in total. The summed E-state index contributed by atoms with van der Waals surface area (Å²) in [7, 11) is 0. The maximum absolute atomic E-state index is 13.2. The van der Waals surface area contributed by atoms with Gasteiger partial charge in [0.05, 0.1) is 0 Å². The minimum atomic E-state index is -0.601. The van der Waals surface area contributed by atoms with E-state index in [1.165, 1.54) is 12.1 Å². The van der Waals surface area contributed by atoms with Crippen molar-refractivity contribution in [1.29, 1.82) is 0 Å². The van der Waals surface area contributed by atoms with Gasteiger partial charge >= 0.3 is 0 Å². The minimum Gasteiger partial charge on any atom is -0.370 e. The van der Waals surface area contributed by atoms with Crippen LogP contribution in [0.2, 0.25) is 5.02 Å². The third-order valence-electron chi connectivity index (χ3n) is 1.39. The van der Waals surface area contributed by atoms with Gasteiger partial charge in [0, 0.05) is 5.02 Å². The van der Waals surface area contributed by atoms with Crippen LogP contribution >= 0.6 is 11.6 Å². The molecule has 15 heavy (non-hydrogen) atoms. The molecular formula is C8H9ClFN5. The first kappa shape index (κ1) is 11.3. The van der Waals surface area contributed by atoms with E-state index in [0.717, 1.165) is 6.07 Å². The van der Waals surface area contributed by atoms with Gasteiger partial charge in [-0.2, -0.15) is 4.99 Å². The fraction of sp³-hybridized carbons (Fsp3) is 0. The Hall–Kier alpha value is -1.82. The molecule has 0 amide bonds. The van der Waals surface area contributed by atoms with Gasteiger partial charge in [-0.1, -0.05) is 11.6 Å². The van der Waals surface area contributed by atoms with Crippen molar-refractivity contribution in [1.82, 2.24) is 0 Å². The fourth-order valence-electron chi connectivity index (χ4n) is 0.853. The summed E-state index contributed by atoms with van der Waals surface area (Å²) in [5, 5.41) is 0.270. The molecule has 0 atom stereocenters. The molecule has 0 bridgehead atoms. The Morgan fingerprint density at radius 3 is 2.47 bits per heavy atom. The molecule has 0 aromatic heterocycles. The molecule has 0 saturated carbocycles. The first-order valence-corrected chi connectivity index (χ1v) is 4.25. The Balaban J connectivity index is 3.03. The van der Waals surface area contributed by atoms with Gasteiger partial charge in [0.2, 0.25) is 5.96 Å². The maximum Gasteiger partial charge on any atom is 0.223 e. The highest BCUT2D eigenvalue weighted by molar-refractivity contribution is 6.30. The summed E-state index contributed by atoms with van der Waals surface area (Å²) >= 11 is 5.55. The molecule has 0 heterocycles. The van der Waals surface area contributed by atoms with E-state index in [0.29, 0.717) is 0 Å². The fourth-order valence-corrected chi connectivity index (χ4v) is 1.01. The summed E-state index contributed by atoms with van der Waals surface area (Å²) < 4.78 is 13.2. The third kappa shape index (κ3) is 3.43. The number of hydrogen-bond acceptors (Lipinski definition) is 1. The standard InChI is InChI=1S/C8H9ClFN5/c9-4-1-2-6(5(10)3-4)14-8(13)15-7(11)12/h1-3H,(H6,11,12,13,14,15). The molecule has 0 unspecified atom stereocenters. The molecule has 0 saturated heterocycles. The van der Waals surface area contributed by atoms with Gasteiger partial charge < -0.3 is 17.2 Å². The van der Waals surface area contributed by atoms with Crippen LogP contribution in [0.25, 0.3) is 0 Å². The van der Waals surface area contributed by atoms with Crippen LogP contribution in [0.4, 0.5) is 10.1 Å². The van der Waals surface area contributed by atoms with Crippen molar-refractivity contribution in [3.8, 4) is 0 Å². The van der Waals surface area contributed by atoms with Crippen molar-refractivity contribution >= 4 is 29.2 Å². The molecule has 1 rings (SSSR count). The van der Waals surface area contributed by atoms with Gasteiger partial charge in [-0.3, -0.25) is 0 Å². The van der Waals surface area contributed by atoms with Crippen LogP contribution in [-0.2, 0) is 0 Å². The van der Waals surface area contributed by atoms with Crippen molar-refractivity contribution in [2.45, 2.75) is 0 Å². The Morgan fingerprint density at radius 2 is 1.93 bits per heavy atom. The first-order valence-electron chi connectivity index (χ1n) is 3.88. The zero-order chi connectivity index (χ0) is 11.4. The zero-order valence-corrected chi connectivity index (χ0v) is 8.37. The lowest BCUT2D eigenvalue weighted by Crippen LogP contribution is -2.26. The summed E-state index contributed by atoms with van der Waals surface area (Å²) in [5.74, 6) is -1.07. The highest BCUT2D eigenvalue weighted by Gasteiger charge is 2.01. The maximum atomic E-state index is 13.2. The molecule has 0 spiro atoms. The van der Waals surface area contributed by atoms with Gasteiger partial charge in [-0.15, -0.1) is 0 Å². The minimum absolute atomic E-state index is 0.0156. The summed E-state index contributed by atoms with van der Waals surface area (Å²) in [4.78, 5) is 7.09. The van der Waals surface area contributed by atoms with Crippen LogP contribution in [0.15, 0.2) is 28.2 Å². The number of hydrogen-bond donors (Lipinski definition) is 3. The molecule has 1 aromatic rings. The highest BCUT2D eigenvalue weighted by Crippen LogP contribution is 2.21. The van der Waals surface area contributed by atoms with Crippen LogP contribution < -0.4 is 17.2 Å². The van der Waals surface area contributed by atoms with Crippen LogP contribution in [0, 0.1) is 5.82 Å². The predicted molar refractivity (Wildman–Crippen MR) is 58.5 cm³/mol. The van der Waals surface area contributed by atoms with Crippen molar-refractivity contribution in [3.63, 3.8) is 0 Å². The molecule has 1 aromatic carbocycles. The average molecular weight is 230 g/mol. The van der Waals surface area contributed by atoms with E-state index in [4.69, 9.17) is 28.8 Å². The van der Waals surface area contributed by atoms with Crippen LogP contribution in [0.5, 0.6) is 0 Å².